The van der Waals surface area contributed by atoms with Crippen LogP contribution >= 0.6 is 11.6 Å². The van der Waals surface area contributed by atoms with Gasteiger partial charge in [0.15, 0.2) is 0 Å². The Hall–Kier alpha value is -1.44. The second kappa shape index (κ2) is 5.76. The van der Waals surface area contributed by atoms with Gasteiger partial charge in [-0.2, -0.15) is 0 Å². The summed E-state index contributed by atoms with van der Waals surface area (Å²) in [6.07, 6.45) is -1.38. The summed E-state index contributed by atoms with van der Waals surface area (Å²) >= 11 is 5.60. The molecule has 1 heterocycles. The van der Waals surface area contributed by atoms with Gasteiger partial charge in [-0.25, -0.2) is 9.97 Å². The molecule has 0 aromatic carbocycles. The van der Waals surface area contributed by atoms with Crippen LogP contribution in [0.15, 0.2) is 6.20 Å². The van der Waals surface area contributed by atoms with Gasteiger partial charge in [0.2, 0.25) is 5.91 Å². The molecule has 1 aromatic heterocycles. The Kier molecular flexibility index (Phi) is 4.62. The van der Waals surface area contributed by atoms with E-state index in [0.29, 0.717) is 0 Å². The van der Waals surface area contributed by atoms with Crippen molar-refractivity contribution in [3.63, 3.8) is 0 Å². The number of anilines is 1. The molecule has 0 bridgehead atoms. The molecule has 0 spiro atoms. The smallest absolute Gasteiger partial charge is 0.216 e. The third-order valence-corrected chi connectivity index (χ3v) is 2.19. The maximum atomic E-state index is 10.7. The zero-order valence-electron chi connectivity index (χ0n) is 9.09. The summed E-state index contributed by atoms with van der Waals surface area (Å²) in [5, 5.41) is 21.8. The molecule has 2 unspecified atom stereocenters. The molecule has 1 aromatic rings. The van der Waals surface area contributed by atoms with E-state index in [9.17, 15) is 15.0 Å². The molecule has 94 valence electrons. The monoisotopic (exact) mass is 260 g/mol. The SMILES string of the molecule is CC(=O)NCC(O)C(O)c1nc(Cl)cnc1N. The van der Waals surface area contributed by atoms with Crippen molar-refractivity contribution in [1.29, 1.82) is 0 Å². The molecule has 0 aliphatic heterocycles. The van der Waals surface area contributed by atoms with Gasteiger partial charge in [0.05, 0.1) is 6.20 Å². The Morgan fingerprint density at radius 1 is 1.65 bits per heavy atom. The minimum atomic E-state index is -1.37. The van der Waals surface area contributed by atoms with E-state index in [0.717, 1.165) is 0 Å². The van der Waals surface area contributed by atoms with Gasteiger partial charge >= 0.3 is 0 Å². The summed E-state index contributed by atoms with van der Waals surface area (Å²) in [4.78, 5) is 18.1. The number of nitrogen functional groups attached to an aromatic ring is 1. The first-order chi connectivity index (χ1) is 7.91. The van der Waals surface area contributed by atoms with E-state index in [2.05, 4.69) is 15.3 Å². The van der Waals surface area contributed by atoms with Crippen LogP contribution in [-0.4, -0.2) is 38.7 Å². The minimum Gasteiger partial charge on any atom is -0.388 e. The molecule has 1 amide bonds. The number of aromatic nitrogens is 2. The van der Waals surface area contributed by atoms with Crippen molar-refractivity contribution in [2.75, 3.05) is 12.3 Å². The molecule has 0 aliphatic carbocycles. The van der Waals surface area contributed by atoms with Gasteiger partial charge in [-0.3, -0.25) is 4.79 Å². The van der Waals surface area contributed by atoms with Gasteiger partial charge in [-0.15, -0.1) is 0 Å². The first kappa shape index (κ1) is 13.6. The first-order valence-electron chi connectivity index (χ1n) is 4.80. The number of nitrogens with two attached hydrogens (primary N) is 1. The van der Waals surface area contributed by atoms with Crippen LogP contribution in [0.25, 0.3) is 0 Å². The van der Waals surface area contributed by atoms with Crippen molar-refractivity contribution in [2.45, 2.75) is 19.1 Å². The zero-order valence-corrected chi connectivity index (χ0v) is 9.85. The standard InChI is InChI=1S/C9H13ClN4O3/c1-4(15)12-2-5(16)8(17)7-9(11)13-3-6(10)14-7/h3,5,8,16-17H,2H2,1H3,(H2,11,13)(H,12,15). The molecule has 0 fully saturated rings. The quantitative estimate of drug-likeness (QED) is 0.565. The van der Waals surface area contributed by atoms with Crippen LogP contribution in [0.3, 0.4) is 0 Å². The third kappa shape index (κ3) is 3.81. The maximum absolute atomic E-state index is 10.7. The van der Waals surface area contributed by atoms with E-state index in [1.165, 1.54) is 13.1 Å². The molecule has 0 aliphatic rings. The van der Waals surface area contributed by atoms with Crippen molar-refractivity contribution in [2.24, 2.45) is 0 Å². The van der Waals surface area contributed by atoms with Crippen LogP contribution in [0.2, 0.25) is 5.15 Å². The predicted octanol–water partition coefficient (Wildman–Crippen LogP) is -0.757. The normalized spacial score (nSPS) is 14.1. The number of nitrogens with one attached hydrogen (secondary N) is 1. The fourth-order valence-corrected chi connectivity index (χ4v) is 1.29. The second-order valence-electron chi connectivity index (χ2n) is 3.41. The topological polar surface area (TPSA) is 121 Å². The van der Waals surface area contributed by atoms with Crippen molar-refractivity contribution in [1.82, 2.24) is 15.3 Å². The number of aliphatic hydroxyl groups excluding tert-OH is 2. The lowest BCUT2D eigenvalue weighted by atomic mass is 10.1. The molecule has 17 heavy (non-hydrogen) atoms. The van der Waals surface area contributed by atoms with Gasteiger partial charge in [0.25, 0.3) is 0 Å². The highest BCUT2D eigenvalue weighted by Gasteiger charge is 2.23. The van der Waals surface area contributed by atoms with Crippen LogP contribution in [-0.2, 0) is 4.79 Å². The van der Waals surface area contributed by atoms with Gasteiger partial charge < -0.3 is 21.3 Å². The van der Waals surface area contributed by atoms with E-state index in [1.807, 2.05) is 0 Å². The van der Waals surface area contributed by atoms with Gasteiger partial charge in [0, 0.05) is 13.5 Å². The van der Waals surface area contributed by atoms with Crippen LogP contribution in [0.4, 0.5) is 5.82 Å². The summed E-state index contributed by atoms with van der Waals surface area (Å²) in [6, 6.07) is 0. The highest BCUT2D eigenvalue weighted by molar-refractivity contribution is 6.29. The molecule has 5 N–H and O–H groups in total. The Labute approximate surface area is 103 Å². The van der Waals surface area contributed by atoms with Crippen LogP contribution in [0.1, 0.15) is 18.7 Å². The molecule has 2 atom stereocenters. The highest BCUT2D eigenvalue weighted by Crippen LogP contribution is 2.20. The number of rotatable bonds is 4. The second-order valence-corrected chi connectivity index (χ2v) is 3.80. The van der Waals surface area contributed by atoms with Crippen molar-refractivity contribution >= 4 is 23.3 Å². The number of nitrogens with zero attached hydrogens (tertiary/aromatic N) is 2. The lowest BCUT2D eigenvalue weighted by Gasteiger charge is -2.18. The summed E-state index contributed by atoms with van der Waals surface area (Å²) in [5.41, 5.74) is 5.48. The molecule has 8 heteroatoms. The molecular formula is C9H13ClN4O3. The van der Waals surface area contributed by atoms with Crippen molar-refractivity contribution in [3.8, 4) is 0 Å². The summed E-state index contributed by atoms with van der Waals surface area (Å²) < 4.78 is 0. The Balaban J connectivity index is 2.77. The first-order valence-corrected chi connectivity index (χ1v) is 5.18. The van der Waals surface area contributed by atoms with Crippen molar-refractivity contribution in [3.05, 3.63) is 17.0 Å². The zero-order chi connectivity index (χ0) is 13.0. The average molecular weight is 261 g/mol. The predicted molar refractivity (Wildman–Crippen MR) is 61.1 cm³/mol. The summed E-state index contributed by atoms with van der Waals surface area (Å²) in [7, 11) is 0. The number of carbonyl (C=O) groups is 1. The van der Waals surface area contributed by atoms with Crippen LogP contribution in [0, 0.1) is 0 Å². The Bertz CT molecular complexity index is 415. The van der Waals surface area contributed by atoms with Gasteiger partial charge in [-0.05, 0) is 0 Å². The summed E-state index contributed by atoms with van der Waals surface area (Å²) in [5.74, 6) is -0.342. The van der Waals surface area contributed by atoms with E-state index in [-0.39, 0.29) is 29.1 Å². The van der Waals surface area contributed by atoms with Gasteiger partial charge in [0.1, 0.15) is 28.9 Å². The Morgan fingerprint density at radius 2 is 2.29 bits per heavy atom. The average Bonchev–Trinajstić information content (AvgIpc) is 2.28. The number of hydrogen-bond acceptors (Lipinski definition) is 6. The van der Waals surface area contributed by atoms with Gasteiger partial charge in [-0.1, -0.05) is 11.6 Å². The fraction of sp³-hybridized carbons (Fsp3) is 0.444. The largest absolute Gasteiger partial charge is 0.388 e. The number of carbonyl (C=O) groups excluding carboxylic acids is 1. The van der Waals surface area contributed by atoms with Crippen molar-refractivity contribution < 1.29 is 15.0 Å². The lowest BCUT2D eigenvalue weighted by Crippen LogP contribution is -2.34. The molecule has 1 rings (SSSR count). The molecule has 0 saturated heterocycles. The van der Waals surface area contributed by atoms with E-state index in [1.54, 1.807) is 0 Å². The van der Waals surface area contributed by atoms with Crippen LogP contribution in [0.5, 0.6) is 0 Å². The maximum Gasteiger partial charge on any atom is 0.216 e. The summed E-state index contributed by atoms with van der Waals surface area (Å²) in [6.45, 7) is 1.18. The third-order valence-electron chi connectivity index (χ3n) is 2.00. The molecular weight excluding hydrogens is 248 g/mol. The van der Waals surface area contributed by atoms with Crippen LogP contribution < -0.4 is 11.1 Å². The Morgan fingerprint density at radius 3 is 2.88 bits per heavy atom. The van der Waals surface area contributed by atoms with E-state index < -0.39 is 12.2 Å². The molecule has 0 saturated carbocycles. The number of halogens is 1. The number of amides is 1. The van der Waals surface area contributed by atoms with E-state index in [4.69, 9.17) is 17.3 Å². The molecule has 7 nitrogen and oxygen atoms in total. The highest BCUT2D eigenvalue weighted by atomic mass is 35.5. The van der Waals surface area contributed by atoms with E-state index >= 15 is 0 Å². The number of aliphatic hydroxyl groups is 2. The number of hydrogen-bond donors (Lipinski definition) is 4. The fourth-order valence-electron chi connectivity index (χ4n) is 1.15. The lowest BCUT2D eigenvalue weighted by molar-refractivity contribution is -0.119. The minimum absolute atomic E-state index is 0.0182. The molecule has 0 radical (unpaired) electrons.